The van der Waals surface area contributed by atoms with Crippen molar-refractivity contribution in [1.82, 2.24) is 20.2 Å². The summed E-state index contributed by atoms with van der Waals surface area (Å²) in [5.41, 5.74) is 8.05. The molecule has 27 heavy (non-hydrogen) atoms. The average Bonchev–Trinajstić information content (AvgIpc) is 2.72. The van der Waals surface area contributed by atoms with E-state index in [-0.39, 0.29) is 6.03 Å². The molecule has 0 saturated carbocycles. The number of carbonyl (C=O) groups is 2. The maximum atomic E-state index is 12.5. The van der Waals surface area contributed by atoms with Gasteiger partial charge in [-0.2, -0.15) is 0 Å². The first-order valence-electron chi connectivity index (χ1n) is 9.04. The van der Waals surface area contributed by atoms with Gasteiger partial charge in [0.1, 0.15) is 5.82 Å². The Bertz CT molecular complexity index is 817. The Hall–Kier alpha value is -3.16. The van der Waals surface area contributed by atoms with Gasteiger partial charge in [0.05, 0.1) is 5.56 Å². The largest absolute Gasteiger partial charge is 0.365 e. The number of anilines is 1. The van der Waals surface area contributed by atoms with E-state index in [9.17, 15) is 9.59 Å². The molecule has 0 unspecified atom stereocenters. The molecule has 1 fully saturated rings. The van der Waals surface area contributed by atoms with Gasteiger partial charge < -0.3 is 20.9 Å². The molecule has 0 radical (unpaired) electrons. The van der Waals surface area contributed by atoms with Crippen LogP contribution in [-0.4, -0.2) is 53.0 Å². The summed E-state index contributed by atoms with van der Waals surface area (Å²) in [7, 11) is 0. The topological polar surface area (TPSA) is 104 Å². The van der Waals surface area contributed by atoms with E-state index in [2.05, 4.69) is 22.2 Å². The predicted molar refractivity (Wildman–Crippen MR) is 102 cm³/mol. The van der Waals surface area contributed by atoms with Crippen LogP contribution >= 0.6 is 0 Å². The number of rotatable bonds is 5. The number of primary amides is 1. The number of nitrogens with one attached hydrogen (secondary N) is 1. The number of nitrogens with two attached hydrogens (primary N) is 1. The Morgan fingerprint density at radius 1 is 1.15 bits per heavy atom. The van der Waals surface area contributed by atoms with Crippen molar-refractivity contribution < 1.29 is 9.59 Å². The molecule has 1 aliphatic rings. The van der Waals surface area contributed by atoms with Crippen molar-refractivity contribution in [3.05, 3.63) is 53.5 Å². The molecule has 3 N–H and O–H groups in total. The number of piperazine rings is 1. The lowest BCUT2D eigenvalue weighted by Crippen LogP contribution is -2.52. The Kier molecular flexibility index (Phi) is 5.85. The summed E-state index contributed by atoms with van der Waals surface area (Å²) in [6, 6.07) is 5.20. The molecule has 0 aliphatic carbocycles. The molecule has 3 rings (SSSR count). The molecule has 1 saturated heterocycles. The lowest BCUT2D eigenvalue weighted by Gasteiger charge is -2.35. The number of pyridine rings is 2. The third-order valence-electron chi connectivity index (χ3n) is 4.73. The van der Waals surface area contributed by atoms with Gasteiger partial charge in [0.15, 0.2) is 0 Å². The predicted octanol–water partition coefficient (Wildman–Crippen LogP) is 1.17. The number of amides is 3. The summed E-state index contributed by atoms with van der Waals surface area (Å²) in [6.07, 6.45) is 6.09. The normalized spacial score (nSPS) is 14.1. The van der Waals surface area contributed by atoms with Gasteiger partial charge in [-0.1, -0.05) is 6.92 Å². The Morgan fingerprint density at radius 2 is 1.93 bits per heavy atom. The molecule has 8 nitrogen and oxygen atoms in total. The maximum Gasteiger partial charge on any atom is 0.317 e. The molecule has 3 heterocycles. The van der Waals surface area contributed by atoms with Crippen molar-refractivity contribution in [2.75, 3.05) is 31.1 Å². The summed E-state index contributed by atoms with van der Waals surface area (Å²) >= 11 is 0. The molecular formula is C19H24N6O2. The zero-order valence-corrected chi connectivity index (χ0v) is 15.4. The summed E-state index contributed by atoms with van der Waals surface area (Å²) in [4.78, 5) is 36.2. The highest BCUT2D eigenvalue weighted by Gasteiger charge is 2.24. The molecule has 2 aromatic rings. The van der Waals surface area contributed by atoms with Crippen LogP contribution < -0.4 is 16.0 Å². The SMILES string of the molecule is CCc1cnccc1CNC(=O)N1CCN(c2ncccc2C(N)=O)CC1. The summed E-state index contributed by atoms with van der Waals surface area (Å²) in [5.74, 6) is 0.0804. The highest BCUT2D eigenvalue weighted by molar-refractivity contribution is 5.97. The third-order valence-corrected chi connectivity index (χ3v) is 4.73. The monoisotopic (exact) mass is 368 g/mol. The lowest BCUT2D eigenvalue weighted by atomic mass is 10.1. The number of carbonyl (C=O) groups excluding carboxylic acids is 2. The summed E-state index contributed by atoms with van der Waals surface area (Å²) in [5, 5.41) is 2.98. The van der Waals surface area contributed by atoms with Crippen molar-refractivity contribution >= 4 is 17.8 Å². The van der Waals surface area contributed by atoms with Crippen LogP contribution in [0.4, 0.5) is 10.6 Å². The highest BCUT2D eigenvalue weighted by Crippen LogP contribution is 2.18. The Balaban J connectivity index is 1.56. The number of hydrogen-bond acceptors (Lipinski definition) is 5. The first kappa shape index (κ1) is 18.6. The fourth-order valence-corrected chi connectivity index (χ4v) is 3.19. The molecule has 2 aromatic heterocycles. The highest BCUT2D eigenvalue weighted by atomic mass is 16.2. The van der Waals surface area contributed by atoms with Crippen molar-refractivity contribution in [3.8, 4) is 0 Å². The molecule has 8 heteroatoms. The molecule has 142 valence electrons. The number of aromatic nitrogens is 2. The quantitative estimate of drug-likeness (QED) is 0.824. The van der Waals surface area contributed by atoms with Crippen LogP contribution in [0, 0.1) is 0 Å². The molecule has 0 atom stereocenters. The third kappa shape index (κ3) is 4.33. The van der Waals surface area contributed by atoms with Crippen LogP contribution in [0.15, 0.2) is 36.8 Å². The van der Waals surface area contributed by atoms with Crippen LogP contribution in [-0.2, 0) is 13.0 Å². The first-order chi connectivity index (χ1) is 13.1. The molecule has 0 spiro atoms. The van der Waals surface area contributed by atoms with E-state index in [0.717, 1.165) is 17.5 Å². The van der Waals surface area contributed by atoms with Gasteiger partial charge in [0, 0.05) is 51.3 Å². The Morgan fingerprint density at radius 3 is 2.63 bits per heavy atom. The molecular weight excluding hydrogens is 344 g/mol. The van der Waals surface area contributed by atoms with Gasteiger partial charge in [0.2, 0.25) is 0 Å². The van der Waals surface area contributed by atoms with E-state index >= 15 is 0 Å². The van der Waals surface area contributed by atoms with E-state index in [4.69, 9.17) is 5.73 Å². The minimum atomic E-state index is -0.498. The second-order valence-electron chi connectivity index (χ2n) is 6.37. The smallest absolute Gasteiger partial charge is 0.317 e. The molecule has 0 aromatic carbocycles. The minimum absolute atomic E-state index is 0.0929. The van der Waals surface area contributed by atoms with E-state index < -0.39 is 5.91 Å². The van der Waals surface area contributed by atoms with E-state index in [1.54, 1.807) is 29.4 Å². The standard InChI is InChI=1S/C19H24N6O2/c1-2-14-12-21-7-5-15(14)13-23-19(27)25-10-8-24(9-11-25)18-16(17(20)26)4-3-6-22-18/h3-7,12H,2,8-11,13H2,1H3,(H2,20,26)(H,23,27). The van der Waals surface area contributed by atoms with Crippen molar-refractivity contribution in [2.24, 2.45) is 5.73 Å². The van der Waals surface area contributed by atoms with Gasteiger partial charge >= 0.3 is 6.03 Å². The molecule has 3 amide bonds. The second-order valence-corrected chi connectivity index (χ2v) is 6.37. The van der Waals surface area contributed by atoms with Gasteiger partial charge in [-0.05, 0) is 35.7 Å². The van der Waals surface area contributed by atoms with Crippen molar-refractivity contribution in [2.45, 2.75) is 19.9 Å². The van der Waals surface area contributed by atoms with E-state index in [1.165, 1.54) is 0 Å². The van der Waals surface area contributed by atoms with E-state index in [0.29, 0.717) is 44.1 Å². The molecule has 1 aliphatic heterocycles. The van der Waals surface area contributed by atoms with Gasteiger partial charge in [-0.25, -0.2) is 9.78 Å². The van der Waals surface area contributed by atoms with Crippen molar-refractivity contribution in [3.63, 3.8) is 0 Å². The summed E-state index contributed by atoms with van der Waals surface area (Å²) in [6.45, 7) is 4.85. The van der Waals surface area contributed by atoms with Crippen LogP contribution in [0.5, 0.6) is 0 Å². The number of urea groups is 1. The fourth-order valence-electron chi connectivity index (χ4n) is 3.19. The zero-order valence-electron chi connectivity index (χ0n) is 15.4. The van der Waals surface area contributed by atoms with Crippen LogP contribution in [0.2, 0.25) is 0 Å². The van der Waals surface area contributed by atoms with Crippen LogP contribution in [0.3, 0.4) is 0 Å². The van der Waals surface area contributed by atoms with E-state index in [1.807, 2.05) is 17.2 Å². The maximum absolute atomic E-state index is 12.5. The van der Waals surface area contributed by atoms with Crippen molar-refractivity contribution in [1.29, 1.82) is 0 Å². The van der Waals surface area contributed by atoms with Gasteiger partial charge in [-0.3, -0.25) is 9.78 Å². The van der Waals surface area contributed by atoms with Crippen LogP contribution in [0.1, 0.15) is 28.4 Å². The van der Waals surface area contributed by atoms with Gasteiger partial charge in [-0.15, -0.1) is 0 Å². The molecule has 0 bridgehead atoms. The van der Waals surface area contributed by atoms with Gasteiger partial charge in [0.25, 0.3) is 5.91 Å². The first-order valence-corrected chi connectivity index (χ1v) is 9.04. The second kappa shape index (κ2) is 8.48. The fraction of sp³-hybridized carbons (Fsp3) is 0.368. The lowest BCUT2D eigenvalue weighted by molar-refractivity contribution is 0.1000. The zero-order chi connectivity index (χ0) is 19.2. The summed E-state index contributed by atoms with van der Waals surface area (Å²) < 4.78 is 0. The Labute approximate surface area is 158 Å². The number of aryl methyl sites for hydroxylation is 1. The number of hydrogen-bond donors (Lipinski definition) is 2. The minimum Gasteiger partial charge on any atom is -0.365 e. The number of nitrogens with zero attached hydrogens (tertiary/aromatic N) is 4. The van der Waals surface area contributed by atoms with Crippen LogP contribution in [0.25, 0.3) is 0 Å². The average molecular weight is 368 g/mol.